The van der Waals surface area contributed by atoms with Crippen LogP contribution >= 0.6 is 0 Å². The predicted octanol–water partition coefficient (Wildman–Crippen LogP) is 3.98. The molecule has 1 aromatic heterocycles. The zero-order valence-electron chi connectivity index (χ0n) is 15.2. The van der Waals surface area contributed by atoms with Crippen LogP contribution in [0.2, 0.25) is 0 Å². The zero-order valence-corrected chi connectivity index (χ0v) is 15.2. The molecular weight excluding hydrogens is 310 g/mol. The molecule has 1 saturated heterocycles. The van der Waals surface area contributed by atoms with Gasteiger partial charge in [-0.2, -0.15) is 5.10 Å². The molecule has 1 amide bonds. The maximum absolute atomic E-state index is 13.3. The SMILES string of the molecule is Cc1cccc([C@@H]2CCCCCN2C(=O)[C@H]2C[C@@H]2c2cnn(C)c2)c1. The minimum atomic E-state index is 0.148. The average Bonchev–Trinajstić information content (AvgIpc) is 3.34. The maximum atomic E-state index is 13.3. The summed E-state index contributed by atoms with van der Waals surface area (Å²) in [4.78, 5) is 15.5. The van der Waals surface area contributed by atoms with E-state index in [1.807, 2.05) is 17.9 Å². The first kappa shape index (κ1) is 16.4. The van der Waals surface area contributed by atoms with Gasteiger partial charge in [-0.1, -0.05) is 42.7 Å². The highest BCUT2D eigenvalue weighted by Gasteiger charge is 2.47. The monoisotopic (exact) mass is 337 g/mol. The van der Waals surface area contributed by atoms with E-state index in [-0.39, 0.29) is 12.0 Å². The Morgan fingerprint density at radius 3 is 2.84 bits per heavy atom. The van der Waals surface area contributed by atoms with Crippen LogP contribution in [0.4, 0.5) is 0 Å². The van der Waals surface area contributed by atoms with Crippen LogP contribution in [0.25, 0.3) is 0 Å². The van der Waals surface area contributed by atoms with Gasteiger partial charge in [-0.15, -0.1) is 0 Å². The molecule has 1 aromatic carbocycles. The fraction of sp³-hybridized carbons (Fsp3) is 0.524. The van der Waals surface area contributed by atoms with Gasteiger partial charge in [0.25, 0.3) is 0 Å². The molecule has 0 spiro atoms. The third kappa shape index (κ3) is 3.35. The van der Waals surface area contributed by atoms with Gasteiger partial charge in [0.2, 0.25) is 5.91 Å². The van der Waals surface area contributed by atoms with Crippen molar-refractivity contribution in [2.24, 2.45) is 13.0 Å². The lowest BCUT2D eigenvalue weighted by Crippen LogP contribution is -2.36. The van der Waals surface area contributed by atoms with Crippen molar-refractivity contribution in [3.8, 4) is 0 Å². The van der Waals surface area contributed by atoms with Gasteiger partial charge in [0.15, 0.2) is 0 Å². The summed E-state index contributed by atoms with van der Waals surface area (Å²) in [7, 11) is 1.94. The average molecular weight is 337 g/mol. The summed E-state index contributed by atoms with van der Waals surface area (Å²) in [5, 5.41) is 4.26. The molecular formula is C21H27N3O. The zero-order chi connectivity index (χ0) is 17.4. The molecule has 1 saturated carbocycles. The Kier molecular flexibility index (Phi) is 4.36. The predicted molar refractivity (Wildman–Crippen MR) is 98.2 cm³/mol. The van der Waals surface area contributed by atoms with Gasteiger partial charge in [0, 0.05) is 25.7 Å². The van der Waals surface area contributed by atoms with Crippen molar-refractivity contribution in [2.45, 2.75) is 51.0 Å². The highest BCUT2D eigenvalue weighted by molar-refractivity contribution is 5.83. The third-order valence-electron chi connectivity index (χ3n) is 5.72. The summed E-state index contributed by atoms with van der Waals surface area (Å²) in [6, 6.07) is 8.93. The van der Waals surface area contributed by atoms with Gasteiger partial charge >= 0.3 is 0 Å². The fourth-order valence-electron chi connectivity index (χ4n) is 4.28. The number of carbonyl (C=O) groups excluding carboxylic acids is 1. The van der Waals surface area contributed by atoms with Gasteiger partial charge in [-0.3, -0.25) is 9.48 Å². The quantitative estimate of drug-likeness (QED) is 0.850. The summed E-state index contributed by atoms with van der Waals surface area (Å²) in [6.45, 7) is 3.03. The highest BCUT2D eigenvalue weighted by Crippen LogP contribution is 2.49. The topological polar surface area (TPSA) is 38.1 Å². The van der Waals surface area contributed by atoms with Crippen molar-refractivity contribution in [3.05, 3.63) is 53.3 Å². The van der Waals surface area contributed by atoms with Gasteiger partial charge in [-0.05, 0) is 43.2 Å². The molecule has 0 unspecified atom stereocenters. The van der Waals surface area contributed by atoms with Crippen LogP contribution in [-0.2, 0) is 11.8 Å². The standard InChI is InChI=1S/C21H27N3O/c1-15-7-6-8-16(11-15)20-9-4-3-5-10-24(20)21(25)19-12-18(19)17-13-22-23(2)14-17/h6-8,11,13-14,18-20H,3-5,9-10,12H2,1-2H3/t18-,19+,20+/m1/s1. The van der Waals surface area contributed by atoms with Crippen LogP contribution < -0.4 is 0 Å². The second-order valence-electron chi connectivity index (χ2n) is 7.71. The Morgan fingerprint density at radius 2 is 2.08 bits per heavy atom. The second kappa shape index (κ2) is 6.66. The molecule has 2 heterocycles. The van der Waals surface area contributed by atoms with E-state index in [4.69, 9.17) is 0 Å². The van der Waals surface area contributed by atoms with E-state index >= 15 is 0 Å². The first-order chi connectivity index (χ1) is 12.1. The Morgan fingerprint density at radius 1 is 1.20 bits per heavy atom. The molecule has 2 aliphatic rings. The number of aromatic nitrogens is 2. The number of amides is 1. The second-order valence-corrected chi connectivity index (χ2v) is 7.71. The normalized spacial score (nSPS) is 26.3. The van der Waals surface area contributed by atoms with Crippen molar-refractivity contribution in [3.63, 3.8) is 0 Å². The number of carbonyl (C=O) groups is 1. The molecule has 1 aliphatic carbocycles. The van der Waals surface area contributed by atoms with E-state index in [0.29, 0.717) is 11.8 Å². The Balaban J connectivity index is 1.54. The van der Waals surface area contributed by atoms with Crippen molar-refractivity contribution >= 4 is 5.91 Å². The van der Waals surface area contributed by atoms with Gasteiger partial charge in [0.1, 0.15) is 0 Å². The van der Waals surface area contributed by atoms with Crippen molar-refractivity contribution in [2.75, 3.05) is 6.54 Å². The molecule has 1 aliphatic heterocycles. The molecule has 3 atom stereocenters. The summed E-state index contributed by atoms with van der Waals surface area (Å²) < 4.78 is 1.83. The van der Waals surface area contributed by atoms with Crippen LogP contribution in [0.1, 0.15) is 60.8 Å². The molecule has 25 heavy (non-hydrogen) atoms. The van der Waals surface area contributed by atoms with E-state index < -0.39 is 0 Å². The van der Waals surface area contributed by atoms with Crippen LogP contribution in [0, 0.1) is 12.8 Å². The molecule has 0 bridgehead atoms. The van der Waals surface area contributed by atoms with Gasteiger partial charge in [-0.25, -0.2) is 0 Å². The number of nitrogens with zero attached hydrogens (tertiary/aromatic N) is 3. The molecule has 4 heteroatoms. The van der Waals surface area contributed by atoms with Crippen molar-refractivity contribution in [1.82, 2.24) is 14.7 Å². The smallest absolute Gasteiger partial charge is 0.226 e. The summed E-state index contributed by atoms with van der Waals surface area (Å²) in [5.74, 6) is 0.861. The Bertz CT molecular complexity index is 766. The lowest BCUT2D eigenvalue weighted by atomic mass is 9.98. The number of aryl methyl sites for hydroxylation is 2. The minimum absolute atomic E-state index is 0.148. The summed E-state index contributed by atoms with van der Waals surface area (Å²) in [6.07, 6.45) is 9.58. The number of rotatable bonds is 3. The number of likely N-dealkylation sites (tertiary alicyclic amines) is 1. The van der Waals surface area contributed by atoms with E-state index in [1.54, 1.807) is 0 Å². The lowest BCUT2D eigenvalue weighted by molar-refractivity contribution is -0.135. The number of hydrogen-bond acceptors (Lipinski definition) is 2. The van der Waals surface area contributed by atoms with E-state index in [0.717, 1.165) is 25.8 Å². The minimum Gasteiger partial charge on any atom is -0.335 e. The molecule has 2 aromatic rings. The number of benzene rings is 1. The van der Waals surface area contributed by atoms with Crippen LogP contribution in [0.5, 0.6) is 0 Å². The highest BCUT2D eigenvalue weighted by atomic mass is 16.2. The lowest BCUT2D eigenvalue weighted by Gasteiger charge is -2.31. The maximum Gasteiger partial charge on any atom is 0.226 e. The van der Waals surface area contributed by atoms with Crippen molar-refractivity contribution < 1.29 is 4.79 Å². The van der Waals surface area contributed by atoms with Gasteiger partial charge in [0.05, 0.1) is 12.2 Å². The van der Waals surface area contributed by atoms with E-state index in [1.165, 1.54) is 29.5 Å². The van der Waals surface area contributed by atoms with Crippen LogP contribution in [-0.4, -0.2) is 27.1 Å². The van der Waals surface area contributed by atoms with E-state index in [2.05, 4.69) is 47.4 Å². The number of hydrogen-bond donors (Lipinski definition) is 0. The molecule has 0 N–H and O–H groups in total. The molecule has 0 radical (unpaired) electrons. The van der Waals surface area contributed by atoms with E-state index in [9.17, 15) is 4.79 Å². The van der Waals surface area contributed by atoms with Gasteiger partial charge < -0.3 is 4.90 Å². The van der Waals surface area contributed by atoms with Crippen molar-refractivity contribution in [1.29, 1.82) is 0 Å². The Hall–Kier alpha value is -2.10. The first-order valence-corrected chi connectivity index (χ1v) is 9.49. The molecule has 4 nitrogen and oxygen atoms in total. The molecule has 132 valence electrons. The third-order valence-corrected chi connectivity index (χ3v) is 5.72. The fourth-order valence-corrected chi connectivity index (χ4v) is 4.28. The Labute approximate surface area is 149 Å². The summed E-state index contributed by atoms with van der Waals surface area (Å²) >= 11 is 0. The van der Waals surface area contributed by atoms with Crippen LogP contribution in [0.3, 0.4) is 0 Å². The summed E-state index contributed by atoms with van der Waals surface area (Å²) in [5.41, 5.74) is 3.78. The first-order valence-electron chi connectivity index (χ1n) is 9.49. The largest absolute Gasteiger partial charge is 0.335 e. The molecule has 2 fully saturated rings. The molecule has 4 rings (SSSR count). The van der Waals surface area contributed by atoms with Crippen LogP contribution in [0.15, 0.2) is 36.7 Å².